The Bertz CT molecular complexity index is 653. The van der Waals surface area contributed by atoms with E-state index in [9.17, 15) is 18.0 Å². The smallest absolute Gasteiger partial charge is 0.335 e. The van der Waals surface area contributed by atoms with Crippen LogP contribution in [0.2, 0.25) is 0 Å². The number of sulfonamides is 1. The summed E-state index contributed by atoms with van der Waals surface area (Å²) < 4.78 is 26.4. The molecule has 1 aromatic rings. The number of benzene rings is 1. The zero-order chi connectivity index (χ0) is 16.2. The van der Waals surface area contributed by atoms with Crippen LogP contribution in [0.3, 0.4) is 0 Å². The van der Waals surface area contributed by atoms with Gasteiger partial charge in [-0.15, -0.1) is 0 Å². The van der Waals surface area contributed by atoms with Crippen molar-refractivity contribution in [3.8, 4) is 0 Å². The Morgan fingerprint density at radius 3 is 2.43 bits per heavy atom. The van der Waals surface area contributed by atoms with Gasteiger partial charge in [0.25, 0.3) is 0 Å². The summed E-state index contributed by atoms with van der Waals surface area (Å²) in [5.74, 6) is -1.66. The molecule has 0 aliphatic heterocycles. The van der Waals surface area contributed by atoms with Gasteiger partial charge in [-0.2, -0.15) is 0 Å². The maximum absolute atomic E-state index is 12.1. The van der Waals surface area contributed by atoms with Gasteiger partial charge in [-0.05, 0) is 38.5 Å². The van der Waals surface area contributed by atoms with Gasteiger partial charge in [0, 0.05) is 6.04 Å². The molecule has 0 atom stereocenters. The SMILES string of the molecule is Cc1c(C(=O)O)cccc1S(=O)(=O)NCC(=O)NC(C)C. The molecular formula is C13H18N2O5S. The van der Waals surface area contributed by atoms with Crippen LogP contribution in [0.4, 0.5) is 0 Å². The summed E-state index contributed by atoms with van der Waals surface area (Å²) in [6.45, 7) is 4.52. The number of carboxylic acids is 1. The van der Waals surface area contributed by atoms with Gasteiger partial charge < -0.3 is 10.4 Å². The summed E-state index contributed by atoms with van der Waals surface area (Å²) in [7, 11) is -3.95. The molecule has 0 aliphatic carbocycles. The number of nitrogens with one attached hydrogen (secondary N) is 2. The quantitative estimate of drug-likeness (QED) is 0.707. The van der Waals surface area contributed by atoms with Crippen molar-refractivity contribution in [2.45, 2.75) is 31.7 Å². The van der Waals surface area contributed by atoms with Crippen molar-refractivity contribution >= 4 is 21.9 Å². The summed E-state index contributed by atoms with van der Waals surface area (Å²) in [6.07, 6.45) is 0. The second-order valence-electron chi connectivity index (χ2n) is 4.78. The lowest BCUT2D eigenvalue weighted by molar-refractivity contribution is -0.120. The second-order valence-corrected chi connectivity index (χ2v) is 6.52. The summed E-state index contributed by atoms with van der Waals surface area (Å²) >= 11 is 0. The van der Waals surface area contributed by atoms with E-state index in [1.54, 1.807) is 13.8 Å². The third-order valence-corrected chi connectivity index (χ3v) is 4.22. The van der Waals surface area contributed by atoms with E-state index in [4.69, 9.17) is 5.11 Å². The Hall–Kier alpha value is -1.93. The summed E-state index contributed by atoms with van der Waals surface area (Å²) in [4.78, 5) is 22.3. The highest BCUT2D eigenvalue weighted by Crippen LogP contribution is 2.18. The van der Waals surface area contributed by atoms with Gasteiger partial charge in [0.05, 0.1) is 17.0 Å². The first kappa shape index (κ1) is 17.1. The van der Waals surface area contributed by atoms with E-state index < -0.39 is 28.4 Å². The Balaban J connectivity index is 2.96. The number of carbonyl (C=O) groups is 2. The molecule has 0 heterocycles. The van der Waals surface area contributed by atoms with Gasteiger partial charge in [-0.3, -0.25) is 4.79 Å². The van der Waals surface area contributed by atoms with Gasteiger partial charge in [-0.25, -0.2) is 17.9 Å². The Morgan fingerprint density at radius 2 is 1.90 bits per heavy atom. The summed E-state index contributed by atoms with van der Waals surface area (Å²) in [5, 5.41) is 11.5. The molecule has 0 saturated heterocycles. The molecule has 1 amide bonds. The maximum Gasteiger partial charge on any atom is 0.335 e. The fraction of sp³-hybridized carbons (Fsp3) is 0.385. The van der Waals surface area contributed by atoms with Crippen molar-refractivity contribution in [2.24, 2.45) is 0 Å². The van der Waals surface area contributed by atoms with Gasteiger partial charge in [0.15, 0.2) is 0 Å². The maximum atomic E-state index is 12.1. The van der Waals surface area contributed by atoms with Crippen molar-refractivity contribution in [2.75, 3.05) is 6.54 Å². The molecule has 0 radical (unpaired) electrons. The van der Waals surface area contributed by atoms with Crippen LogP contribution in [0.5, 0.6) is 0 Å². The van der Waals surface area contributed by atoms with Crippen LogP contribution in [0.25, 0.3) is 0 Å². The number of hydrogen-bond acceptors (Lipinski definition) is 4. The van der Waals surface area contributed by atoms with Crippen LogP contribution in [0.15, 0.2) is 23.1 Å². The van der Waals surface area contributed by atoms with Crippen LogP contribution in [0, 0.1) is 6.92 Å². The average molecular weight is 314 g/mol. The van der Waals surface area contributed by atoms with Gasteiger partial charge in [0.2, 0.25) is 15.9 Å². The lowest BCUT2D eigenvalue weighted by Gasteiger charge is -2.12. The fourth-order valence-electron chi connectivity index (χ4n) is 1.75. The average Bonchev–Trinajstić information content (AvgIpc) is 2.35. The summed E-state index contributed by atoms with van der Waals surface area (Å²) in [5.41, 5.74) is 0.0336. The molecule has 0 unspecified atom stereocenters. The molecule has 0 aromatic heterocycles. The number of rotatable bonds is 6. The Kier molecular flexibility index (Phi) is 5.45. The fourth-order valence-corrected chi connectivity index (χ4v) is 3.00. The van der Waals surface area contributed by atoms with Crippen LogP contribution in [0.1, 0.15) is 29.8 Å². The molecule has 7 nitrogen and oxygen atoms in total. The molecule has 8 heteroatoms. The largest absolute Gasteiger partial charge is 0.478 e. The van der Waals surface area contributed by atoms with E-state index in [1.807, 2.05) is 0 Å². The number of amides is 1. The predicted octanol–water partition coefficient (Wildman–Crippen LogP) is 0.496. The second kappa shape index (κ2) is 6.68. The minimum atomic E-state index is -3.95. The van der Waals surface area contributed by atoms with Crippen molar-refractivity contribution in [3.05, 3.63) is 29.3 Å². The first-order valence-electron chi connectivity index (χ1n) is 6.27. The highest BCUT2D eigenvalue weighted by Gasteiger charge is 2.21. The van der Waals surface area contributed by atoms with Crippen LogP contribution in [-0.4, -0.2) is 38.0 Å². The first-order valence-corrected chi connectivity index (χ1v) is 7.75. The third kappa shape index (κ3) is 4.54. The molecule has 116 valence electrons. The Morgan fingerprint density at radius 1 is 1.29 bits per heavy atom. The van der Waals surface area contributed by atoms with Crippen molar-refractivity contribution in [3.63, 3.8) is 0 Å². The topological polar surface area (TPSA) is 113 Å². The van der Waals surface area contributed by atoms with E-state index >= 15 is 0 Å². The normalized spacial score (nSPS) is 11.4. The van der Waals surface area contributed by atoms with Crippen LogP contribution in [-0.2, 0) is 14.8 Å². The van der Waals surface area contributed by atoms with E-state index in [0.717, 1.165) is 0 Å². The molecule has 0 saturated carbocycles. The third-order valence-electron chi connectivity index (χ3n) is 2.68. The standard InChI is InChI=1S/C13H18N2O5S/c1-8(2)15-12(16)7-14-21(19,20)11-6-4-5-10(9(11)3)13(17)18/h4-6,8,14H,7H2,1-3H3,(H,15,16)(H,17,18). The van der Waals surface area contributed by atoms with E-state index in [-0.39, 0.29) is 22.1 Å². The first-order chi connectivity index (χ1) is 9.65. The van der Waals surface area contributed by atoms with Crippen molar-refractivity contribution in [1.82, 2.24) is 10.0 Å². The van der Waals surface area contributed by atoms with Gasteiger partial charge >= 0.3 is 5.97 Å². The van der Waals surface area contributed by atoms with E-state index in [2.05, 4.69) is 10.0 Å². The lowest BCUT2D eigenvalue weighted by atomic mass is 10.1. The van der Waals surface area contributed by atoms with Crippen LogP contribution >= 0.6 is 0 Å². The molecule has 1 aromatic carbocycles. The van der Waals surface area contributed by atoms with Crippen LogP contribution < -0.4 is 10.0 Å². The minimum absolute atomic E-state index is 0.0930. The molecule has 0 bridgehead atoms. The number of aromatic carboxylic acids is 1. The predicted molar refractivity (Wildman–Crippen MR) is 76.6 cm³/mol. The number of carbonyl (C=O) groups excluding carboxylic acids is 1. The monoisotopic (exact) mass is 314 g/mol. The highest BCUT2D eigenvalue weighted by atomic mass is 32.2. The molecular weight excluding hydrogens is 296 g/mol. The molecule has 3 N–H and O–H groups in total. The zero-order valence-corrected chi connectivity index (χ0v) is 12.8. The Labute approximate surface area is 123 Å². The van der Waals surface area contributed by atoms with Gasteiger partial charge in [0.1, 0.15) is 0 Å². The number of carboxylic acid groups (broad SMARTS) is 1. The highest BCUT2D eigenvalue weighted by molar-refractivity contribution is 7.89. The van der Waals surface area contributed by atoms with Crippen molar-refractivity contribution in [1.29, 1.82) is 0 Å². The molecule has 0 fully saturated rings. The lowest BCUT2D eigenvalue weighted by Crippen LogP contribution is -2.40. The number of hydrogen-bond donors (Lipinski definition) is 3. The molecule has 0 aliphatic rings. The van der Waals surface area contributed by atoms with Crippen molar-refractivity contribution < 1.29 is 23.1 Å². The molecule has 0 spiro atoms. The minimum Gasteiger partial charge on any atom is -0.478 e. The zero-order valence-electron chi connectivity index (χ0n) is 12.0. The summed E-state index contributed by atoms with van der Waals surface area (Å²) in [6, 6.07) is 3.87. The van der Waals surface area contributed by atoms with Gasteiger partial charge in [-0.1, -0.05) is 6.07 Å². The van der Waals surface area contributed by atoms with E-state index in [0.29, 0.717) is 0 Å². The van der Waals surface area contributed by atoms with E-state index in [1.165, 1.54) is 25.1 Å². The molecule has 1 rings (SSSR count). The molecule has 21 heavy (non-hydrogen) atoms.